The number of carbonyl (C=O) groups excluding carboxylic acids is 1. The molecule has 0 N–H and O–H groups in total. The Kier molecular flexibility index (Phi) is 8.88. The number of rotatable bonds is 9. The number of hydrogen-bond donors (Lipinski definition) is 0. The molecule has 0 amide bonds. The normalized spacial score (nSPS) is 38.7. The molecule has 0 aromatic carbocycles. The fourth-order valence-electron chi connectivity index (χ4n) is 9.30. The maximum absolute atomic E-state index is 12.2. The van der Waals surface area contributed by atoms with Gasteiger partial charge in [0.25, 0.3) is 0 Å². The van der Waals surface area contributed by atoms with Crippen molar-refractivity contribution in [3.8, 4) is 0 Å². The van der Waals surface area contributed by atoms with Crippen LogP contribution in [0.25, 0.3) is 0 Å². The predicted molar refractivity (Wildman–Crippen MR) is 149 cm³/mol. The lowest BCUT2D eigenvalue weighted by Gasteiger charge is -2.58. The molecule has 0 radical (unpaired) electrons. The Hall–Kier alpha value is -0.990. The Morgan fingerprint density at radius 3 is 2.42 bits per heavy atom. The highest BCUT2D eigenvalue weighted by Gasteiger charge is 2.59. The van der Waals surface area contributed by atoms with Gasteiger partial charge in [-0.2, -0.15) is 0 Å². The van der Waals surface area contributed by atoms with Gasteiger partial charge in [-0.25, -0.2) is 4.79 Å². The number of carbonyl (C=O) groups is 1. The average Bonchev–Trinajstić information content (AvgIpc) is 3.16. The van der Waals surface area contributed by atoms with E-state index in [-0.39, 0.29) is 6.10 Å². The third kappa shape index (κ3) is 5.70. The molecule has 4 rings (SSSR count). The maximum Gasteiger partial charge on any atom is 0.508 e. The van der Waals surface area contributed by atoms with Crippen molar-refractivity contribution in [1.29, 1.82) is 0 Å². The molecule has 0 bridgehead atoms. The summed E-state index contributed by atoms with van der Waals surface area (Å²) >= 11 is 0. The molecule has 3 nitrogen and oxygen atoms in total. The van der Waals surface area contributed by atoms with E-state index in [0.29, 0.717) is 23.4 Å². The molecular weight excluding hydrogens is 444 g/mol. The zero-order chi connectivity index (χ0) is 26.1. The van der Waals surface area contributed by atoms with Crippen LogP contribution < -0.4 is 0 Å². The first-order valence-electron chi connectivity index (χ1n) is 15.6. The van der Waals surface area contributed by atoms with Crippen molar-refractivity contribution in [3.05, 3.63) is 11.6 Å². The van der Waals surface area contributed by atoms with Crippen LogP contribution in [-0.4, -0.2) is 18.9 Å². The molecule has 0 heterocycles. The second-order valence-corrected chi connectivity index (χ2v) is 14.6. The third-order valence-corrected chi connectivity index (χ3v) is 11.4. The summed E-state index contributed by atoms with van der Waals surface area (Å²) in [6.45, 7) is 17.3. The Balaban J connectivity index is 1.37. The second-order valence-electron chi connectivity index (χ2n) is 14.6. The lowest BCUT2D eigenvalue weighted by atomic mass is 9.47. The molecule has 36 heavy (non-hydrogen) atoms. The lowest BCUT2D eigenvalue weighted by molar-refractivity contribution is -0.0618. The van der Waals surface area contributed by atoms with Gasteiger partial charge >= 0.3 is 6.16 Å². The Morgan fingerprint density at radius 1 is 0.944 bits per heavy atom. The molecule has 3 saturated carbocycles. The fourth-order valence-corrected chi connectivity index (χ4v) is 9.30. The second kappa shape index (κ2) is 11.4. The summed E-state index contributed by atoms with van der Waals surface area (Å²) in [5.41, 5.74) is 2.42. The van der Waals surface area contributed by atoms with Crippen molar-refractivity contribution >= 4 is 6.16 Å². The van der Waals surface area contributed by atoms with E-state index in [0.717, 1.165) is 61.2 Å². The van der Waals surface area contributed by atoms with Gasteiger partial charge in [-0.3, -0.25) is 0 Å². The van der Waals surface area contributed by atoms with E-state index >= 15 is 0 Å². The number of fused-ring (bicyclic) bond motifs is 5. The van der Waals surface area contributed by atoms with Crippen molar-refractivity contribution in [2.24, 2.45) is 52.3 Å². The van der Waals surface area contributed by atoms with E-state index < -0.39 is 6.16 Å². The van der Waals surface area contributed by atoms with Crippen molar-refractivity contribution in [3.63, 3.8) is 0 Å². The molecule has 0 aromatic heterocycles. The molecule has 0 saturated heterocycles. The van der Waals surface area contributed by atoms with Gasteiger partial charge in [-0.05, 0) is 104 Å². The van der Waals surface area contributed by atoms with E-state index in [1.807, 2.05) is 0 Å². The van der Waals surface area contributed by atoms with E-state index in [1.165, 1.54) is 51.4 Å². The molecule has 0 spiro atoms. The van der Waals surface area contributed by atoms with Crippen LogP contribution in [0.5, 0.6) is 0 Å². The molecule has 3 heteroatoms. The van der Waals surface area contributed by atoms with Crippen molar-refractivity contribution in [2.75, 3.05) is 6.61 Å². The maximum atomic E-state index is 12.2. The summed E-state index contributed by atoms with van der Waals surface area (Å²) in [6, 6.07) is 0. The van der Waals surface area contributed by atoms with Gasteiger partial charge in [0.1, 0.15) is 6.10 Å². The van der Waals surface area contributed by atoms with Crippen LogP contribution in [0.4, 0.5) is 4.79 Å². The van der Waals surface area contributed by atoms with Crippen LogP contribution in [0.2, 0.25) is 0 Å². The largest absolute Gasteiger partial charge is 0.508 e. The Bertz CT molecular complexity index is 784. The first-order valence-corrected chi connectivity index (χ1v) is 15.6. The van der Waals surface area contributed by atoms with Gasteiger partial charge in [0.15, 0.2) is 0 Å². The number of hydrogen-bond acceptors (Lipinski definition) is 3. The molecule has 3 fully saturated rings. The minimum Gasteiger partial charge on any atom is -0.434 e. The summed E-state index contributed by atoms with van der Waals surface area (Å²) in [4.78, 5) is 12.2. The van der Waals surface area contributed by atoms with E-state index in [4.69, 9.17) is 9.47 Å². The van der Waals surface area contributed by atoms with Crippen molar-refractivity contribution in [1.82, 2.24) is 0 Å². The van der Waals surface area contributed by atoms with Crippen molar-refractivity contribution < 1.29 is 14.3 Å². The minimum atomic E-state index is -0.466. The molecule has 4 aliphatic carbocycles. The summed E-state index contributed by atoms with van der Waals surface area (Å²) in [6.07, 6.45) is 17.2. The standard InChI is InChI=1S/C33H56O3/c1-22(2)9-8-10-24(5)28-13-14-29-27-12-11-25-21-26(36-31(34)35-20-17-23(3)4)15-18-32(25,6)30(27)16-19-33(28,29)7/h11,22-24,26-30H,8-10,12-21H2,1-7H3/t24-,26-,27+,28+,29-,30+,32-,33+/m0/s1. The molecule has 0 unspecified atom stereocenters. The lowest BCUT2D eigenvalue weighted by Crippen LogP contribution is -2.51. The first-order chi connectivity index (χ1) is 17.0. The summed E-state index contributed by atoms with van der Waals surface area (Å²) in [7, 11) is 0. The third-order valence-electron chi connectivity index (χ3n) is 11.4. The van der Waals surface area contributed by atoms with E-state index in [2.05, 4.69) is 54.5 Å². The topological polar surface area (TPSA) is 35.5 Å². The van der Waals surface area contributed by atoms with Gasteiger partial charge < -0.3 is 9.47 Å². The minimum absolute atomic E-state index is 0.0103. The highest BCUT2D eigenvalue weighted by atomic mass is 16.7. The molecular formula is C33H56O3. The SMILES string of the molecule is CC(C)CCC[C@H](C)[C@H]1CC[C@H]2[C@H]3CC=C4C[C@@H](OC(=O)OCCC(C)C)CC[C@]4(C)[C@@H]3CC[C@]12C. The highest BCUT2D eigenvalue weighted by molar-refractivity contribution is 5.60. The Morgan fingerprint density at radius 2 is 1.69 bits per heavy atom. The van der Waals surface area contributed by atoms with Gasteiger partial charge in [0.2, 0.25) is 0 Å². The van der Waals surface area contributed by atoms with Gasteiger partial charge in [-0.1, -0.05) is 79.4 Å². The molecule has 4 aliphatic rings. The van der Waals surface area contributed by atoms with Crippen LogP contribution in [0, 0.1) is 52.3 Å². The van der Waals surface area contributed by atoms with Crippen LogP contribution in [0.1, 0.15) is 126 Å². The monoisotopic (exact) mass is 500 g/mol. The van der Waals surface area contributed by atoms with Crippen LogP contribution in [0.15, 0.2) is 11.6 Å². The molecule has 0 aliphatic heterocycles. The first kappa shape index (κ1) is 28.0. The van der Waals surface area contributed by atoms with Crippen molar-refractivity contribution in [2.45, 2.75) is 132 Å². The van der Waals surface area contributed by atoms with Crippen LogP contribution in [0.3, 0.4) is 0 Å². The van der Waals surface area contributed by atoms with E-state index in [9.17, 15) is 4.79 Å². The Labute approximate surface area is 222 Å². The molecule has 206 valence electrons. The smallest absolute Gasteiger partial charge is 0.434 e. The number of ether oxygens (including phenoxy) is 2. The zero-order valence-corrected chi connectivity index (χ0v) is 24.6. The zero-order valence-electron chi connectivity index (χ0n) is 24.6. The fraction of sp³-hybridized carbons (Fsp3) is 0.909. The van der Waals surface area contributed by atoms with Gasteiger partial charge in [0, 0.05) is 6.42 Å². The average molecular weight is 501 g/mol. The van der Waals surface area contributed by atoms with Crippen LogP contribution >= 0.6 is 0 Å². The molecule has 0 aromatic rings. The number of allylic oxidation sites excluding steroid dienone is 1. The van der Waals surface area contributed by atoms with E-state index in [1.54, 1.807) is 5.57 Å². The van der Waals surface area contributed by atoms with Gasteiger partial charge in [0.05, 0.1) is 6.61 Å². The van der Waals surface area contributed by atoms with Crippen LogP contribution in [-0.2, 0) is 9.47 Å². The summed E-state index contributed by atoms with van der Waals surface area (Å²) in [5.74, 6) is 5.71. The highest BCUT2D eigenvalue weighted by Crippen LogP contribution is 2.67. The summed E-state index contributed by atoms with van der Waals surface area (Å²) in [5, 5.41) is 0. The molecule has 8 atom stereocenters. The van der Waals surface area contributed by atoms with Gasteiger partial charge in [-0.15, -0.1) is 0 Å². The summed E-state index contributed by atoms with van der Waals surface area (Å²) < 4.78 is 11.1. The predicted octanol–water partition coefficient (Wildman–Crippen LogP) is 9.60. The quantitative estimate of drug-likeness (QED) is 0.233.